The third-order valence-corrected chi connectivity index (χ3v) is 2.59. The van der Waals surface area contributed by atoms with Crippen molar-refractivity contribution in [1.29, 1.82) is 0 Å². The Balaban J connectivity index is 2.24. The molecule has 0 aliphatic carbocycles. The number of furan rings is 1. The van der Waals surface area contributed by atoms with E-state index in [-0.39, 0.29) is 17.8 Å². The number of amides is 1. The molecule has 0 saturated heterocycles. The summed E-state index contributed by atoms with van der Waals surface area (Å²) in [4.78, 5) is 21.9. The molecule has 0 unspecified atom stereocenters. The predicted octanol–water partition coefficient (Wildman–Crippen LogP) is 1.84. The summed E-state index contributed by atoms with van der Waals surface area (Å²) in [6.07, 6.45) is 2.85. The lowest BCUT2D eigenvalue weighted by Gasteiger charge is -2.06. The fourth-order valence-corrected chi connectivity index (χ4v) is 1.58. The van der Waals surface area contributed by atoms with Gasteiger partial charge in [0.15, 0.2) is 5.82 Å². The monoisotopic (exact) mass is 279 g/mol. The quantitative estimate of drug-likeness (QED) is 0.504. The summed E-state index contributed by atoms with van der Waals surface area (Å²) in [6.45, 7) is 0.129. The van der Waals surface area contributed by atoms with Crippen molar-refractivity contribution < 1.29 is 18.5 Å². The van der Waals surface area contributed by atoms with E-state index in [0.29, 0.717) is 11.6 Å². The first-order valence-corrected chi connectivity index (χ1v) is 5.51. The molecule has 8 heteroatoms. The van der Waals surface area contributed by atoms with Crippen molar-refractivity contribution >= 4 is 17.3 Å². The highest BCUT2D eigenvalue weighted by atomic mass is 19.1. The summed E-state index contributed by atoms with van der Waals surface area (Å²) < 4.78 is 18.0. The summed E-state index contributed by atoms with van der Waals surface area (Å²) in [7, 11) is 0. The number of nitrogens with one attached hydrogen (secondary N) is 1. The van der Waals surface area contributed by atoms with E-state index in [1.165, 1.54) is 12.5 Å². The summed E-state index contributed by atoms with van der Waals surface area (Å²) in [6, 6.07) is 3.20. The summed E-state index contributed by atoms with van der Waals surface area (Å²) >= 11 is 0. The number of hydrogen-bond donors (Lipinski definition) is 2. The Morgan fingerprint density at radius 3 is 2.85 bits per heavy atom. The van der Waals surface area contributed by atoms with Crippen LogP contribution in [-0.4, -0.2) is 10.8 Å². The average Bonchev–Trinajstić information content (AvgIpc) is 2.91. The van der Waals surface area contributed by atoms with E-state index in [0.717, 1.165) is 6.07 Å². The maximum absolute atomic E-state index is 13.2. The molecular weight excluding hydrogens is 269 g/mol. The largest absolute Gasteiger partial charge is 0.472 e. The number of halogens is 1. The van der Waals surface area contributed by atoms with Crippen molar-refractivity contribution in [3.8, 4) is 0 Å². The molecule has 20 heavy (non-hydrogen) atoms. The molecule has 0 atom stereocenters. The highest BCUT2D eigenvalue weighted by Crippen LogP contribution is 2.24. The fourth-order valence-electron chi connectivity index (χ4n) is 1.58. The van der Waals surface area contributed by atoms with Crippen LogP contribution in [0.4, 0.5) is 15.8 Å². The second-order valence-electron chi connectivity index (χ2n) is 3.96. The summed E-state index contributed by atoms with van der Waals surface area (Å²) in [5.41, 5.74) is 4.76. The van der Waals surface area contributed by atoms with Crippen molar-refractivity contribution in [2.24, 2.45) is 0 Å². The number of hydrogen-bond acceptors (Lipinski definition) is 5. The molecule has 2 aromatic rings. The van der Waals surface area contributed by atoms with Crippen LogP contribution in [0.25, 0.3) is 0 Å². The van der Waals surface area contributed by atoms with Gasteiger partial charge in [-0.05, 0) is 12.1 Å². The second kappa shape index (κ2) is 5.39. The van der Waals surface area contributed by atoms with Gasteiger partial charge in [-0.15, -0.1) is 0 Å². The van der Waals surface area contributed by atoms with E-state index >= 15 is 0 Å². The van der Waals surface area contributed by atoms with Gasteiger partial charge in [0, 0.05) is 12.1 Å². The highest BCUT2D eigenvalue weighted by Gasteiger charge is 2.22. The topological polar surface area (TPSA) is 111 Å². The molecule has 0 radical (unpaired) electrons. The van der Waals surface area contributed by atoms with E-state index in [2.05, 4.69) is 5.32 Å². The molecule has 0 spiro atoms. The van der Waals surface area contributed by atoms with Crippen LogP contribution in [0.3, 0.4) is 0 Å². The van der Waals surface area contributed by atoms with Crippen LogP contribution in [0.15, 0.2) is 35.1 Å². The number of nitro benzene ring substituents is 1. The first kappa shape index (κ1) is 13.5. The van der Waals surface area contributed by atoms with Crippen LogP contribution in [0, 0.1) is 15.9 Å². The lowest BCUT2D eigenvalue weighted by atomic mass is 10.1. The molecule has 0 saturated carbocycles. The van der Waals surface area contributed by atoms with Crippen molar-refractivity contribution in [1.82, 2.24) is 5.32 Å². The zero-order valence-corrected chi connectivity index (χ0v) is 10.1. The summed E-state index contributed by atoms with van der Waals surface area (Å²) in [5, 5.41) is 13.3. The minimum absolute atomic E-state index is 0.129. The van der Waals surface area contributed by atoms with E-state index < -0.39 is 22.3 Å². The Hall–Kier alpha value is -2.90. The molecule has 0 aliphatic rings. The standard InChI is InChI=1S/C12H10FN3O4/c13-9-4-11(16(18)19)8(3-10(9)14)12(17)15-5-7-1-2-20-6-7/h1-4,6H,5,14H2,(H,15,17). The zero-order chi connectivity index (χ0) is 14.7. The number of rotatable bonds is 4. The van der Waals surface area contributed by atoms with E-state index in [1.54, 1.807) is 6.07 Å². The van der Waals surface area contributed by atoms with Gasteiger partial charge in [-0.1, -0.05) is 0 Å². The number of nitro groups is 1. The number of nitrogens with zero attached hydrogens (tertiary/aromatic N) is 1. The molecule has 0 aliphatic heterocycles. The fraction of sp³-hybridized carbons (Fsp3) is 0.0833. The molecule has 0 fully saturated rings. The molecule has 1 heterocycles. The maximum Gasteiger partial charge on any atom is 0.285 e. The van der Waals surface area contributed by atoms with Gasteiger partial charge in [0.25, 0.3) is 11.6 Å². The van der Waals surface area contributed by atoms with E-state index in [1.807, 2.05) is 0 Å². The van der Waals surface area contributed by atoms with Gasteiger partial charge < -0.3 is 15.5 Å². The molecule has 2 rings (SSSR count). The minimum Gasteiger partial charge on any atom is -0.472 e. The lowest BCUT2D eigenvalue weighted by Crippen LogP contribution is -2.23. The predicted molar refractivity (Wildman–Crippen MR) is 67.3 cm³/mol. The van der Waals surface area contributed by atoms with Crippen molar-refractivity contribution in [3.63, 3.8) is 0 Å². The van der Waals surface area contributed by atoms with Crippen LogP contribution >= 0.6 is 0 Å². The van der Waals surface area contributed by atoms with Gasteiger partial charge in [0.05, 0.1) is 29.2 Å². The first-order valence-electron chi connectivity index (χ1n) is 5.51. The van der Waals surface area contributed by atoms with Gasteiger partial charge in [-0.2, -0.15) is 0 Å². The van der Waals surface area contributed by atoms with Crippen molar-refractivity contribution in [2.45, 2.75) is 6.54 Å². The Bertz CT molecular complexity index is 655. The zero-order valence-electron chi connectivity index (χ0n) is 10.1. The minimum atomic E-state index is -0.942. The van der Waals surface area contributed by atoms with Crippen LogP contribution in [-0.2, 0) is 6.54 Å². The maximum atomic E-state index is 13.2. The molecular formula is C12H10FN3O4. The number of anilines is 1. The molecule has 104 valence electrons. The number of benzene rings is 1. The number of carbonyl (C=O) groups excluding carboxylic acids is 1. The molecule has 3 N–H and O–H groups in total. The first-order chi connectivity index (χ1) is 9.49. The van der Waals surface area contributed by atoms with Crippen molar-refractivity contribution in [2.75, 3.05) is 5.73 Å². The van der Waals surface area contributed by atoms with Crippen LogP contribution in [0.1, 0.15) is 15.9 Å². The number of nitrogen functional groups attached to an aromatic ring is 1. The van der Waals surface area contributed by atoms with Crippen LogP contribution in [0.5, 0.6) is 0 Å². The normalized spacial score (nSPS) is 10.2. The van der Waals surface area contributed by atoms with Crippen LogP contribution < -0.4 is 11.1 Å². The molecule has 0 bridgehead atoms. The van der Waals surface area contributed by atoms with Gasteiger partial charge in [-0.3, -0.25) is 14.9 Å². The molecule has 7 nitrogen and oxygen atoms in total. The molecule has 1 amide bonds. The van der Waals surface area contributed by atoms with Gasteiger partial charge >= 0.3 is 0 Å². The SMILES string of the molecule is Nc1cc(C(=O)NCc2ccoc2)c([N+](=O)[O-])cc1F. The number of carbonyl (C=O) groups is 1. The third kappa shape index (κ3) is 2.74. The van der Waals surface area contributed by atoms with Gasteiger partial charge in [-0.25, -0.2) is 4.39 Å². The molecule has 1 aromatic heterocycles. The average molecular weight is 279 g/mol. The number of nitrogens with two attached hydrogens (primary N) is 1. The van der Waals surface area contributed by atoms with Gasteiger partial charge in [0.2, 0.25) is 0 Å². The Morgan fingerprint density at radius 1 is 1.50 bits per heavy atom. The van der Waals surface area contributed by atoms with Gasteiger partial charge in [0.1, 0.15) is 5.56 Å². The lowest BCUT2D eigenvalue weighted by molar-refractivity contribution is -0.385. The highest BCUT2D eigenvalue weighted by molar-refractivity contribution is 5.99. The Labute approximate surface area is 112 Å². The summed E-state index contributed by atoms with van der Waals surface area (Å²) in [5.74, 6) is -1.66. The Kier molecular flexibility index (Phi) is 3.65. The van der Waals surface area contributed by atoms with E-state index in [9.17, 15) is 19.3 Å². The van der Waals surface area contributed by atoms with Crippen molar-refractivity contribution in [3.05, 3.63) is 57.8 Å². The smallest absolute Gasteiger partial charge is 0.285 e. The third-order valence-electron chi connectivity index (χ3n) is 2.59. The second-order valence-corrected chi connectivity index (χ2v) is 3.96. The molecule has 1 aromatic carbocycles. The van der Waals surface area contributed by atoms with E-state index in [4.69, 9.17) is 10.2 Å². The Morgan fingerprint density at radius 2 is 2.25 bits per heavy atom. The van der Waals surface area contributed by atoms with Crippen LogP contribution in [0.2, 0.25) is 0 Å².